The summed E-state index contributed by atoms with van der Waals surface area (Å²) in [6, 6.07) is 7.62. The minimum Gasteiger partial charge on any atom is -0.477 e. The molecular weight excluding hydrogens is 273 g/mol. The number of thioether (sulfide) groups is 1. The molecule has 3 N–H and O–H groups in total. The van der Waals surface area contributed by atoms with Crippen LogP contribution in [-0.2, 0) is 5.75 Å². The number of nitrogen functional groups attached to an aromatic ring is 1. The largest absolute Gasteiger partial charge is 0.477 e. The number of benzene rings is 1. The summed E-state index contributed by atoms with van der Waals surface area (Å²) >= 11 is 2.69. The molecule has 1 aromatic heterocycles. The number of hydrogen-bond donors (Lipinski definition) is 2. The molecule has 0 saturated carbocycles. The maximum atomic E-state index is 12.9. The Bertz CT molecular complexity index is 583. The zero-order valence-electron chi connectivity index (χ0n) is 9.22. The highest BCUT2D eigenvalue weighted by molar-refractivity contribution is 7.98. The fourth-order valence-corrected chi connectivity index (χ4v) is 3.21. The van der Waals surface area contributed by atoms with Gasteiger partial charge < -0.3 is 10.8 Å². The van der Waals surface area contributed by atoms with E-state index in [1.807, 2.05) is 0 Å². The Balaban J connectivity index is 2.04. The minimum atomic E-state index is -0.919. The number of rotatable bonds is 4. The highest BCUT2D eigenvalue weighted by Crippen LogP contribution is 2.30. The third kappa shape index (κ3) is 3.02. The van der Waals surface area contributed by atoms with Gasteiger partial charge in [-0.05, 0) is 30.3 Å². The minimum absolute atomic E-state index is 0.317. The summed E-state index contributed by atoms with van der Waals surface area (Å²) in [5.41, 5.74) is 6.09. The summed E-state index contributed by atoms with van der Waals surface area (Å²) in [6.07, 6.45) is 0. The van der Waals surface area contributed by atoms with Crippen molar-refractivity contribution in [2.75, 3.05) is 5.73 Å². The molecule has 0 fully saturated rings. The van der Waals surface area contributed by atoms with Gasteiger partial charge in [-0.1, -0.05) is 0 Å². The van der Waals surface area contributed by atoms with Crippen LogP contribution in [0.4, 0.5) is 10.1 Å². The summed E-state index contributed by atoms with van der Waals surface area (Å²) in [5.74, 6) is -0.660. The molecule has 0 radical (unpaired) electrons. The Kier molecular flexibility index (Phi) is 3.88. The number of carboxylic acids is 1. The molecule has 0 bridgehead atoms. The van der Waals surface area contributed by atoms with Gasteiger partial charge in [0.1, 0.15) is 10.7 Å². The first-order valence-electron chi connectivity index (χ1n) is 5.06. The summed E-state index contributed by atoms with van der Waals surface area (Å²) in [4.78, 5) is 12.8. The molecule has 6 heteroatoms. The zero-order valence-corrected chi connectivity index (χ0v) is 10.9. The van der Waals surface area contributed by atoms with Crippen LogP contribution in [0, 0.1) is 5.82 Å². The van der Waals surface area contributed by atoms with E-state index in [1.165, 1.54) is 35.2 Å². The van der Waals surface area contributed by atoms with Crippen molar-refractivity contribution in [3.05, 3.63) is 45.9 Å². The third-order valence-corrected chi connectivity index (χ3v) is 4.61. The number of carbonyl (C=O) groups is 1. The van der Waals surface area contributed by atoms with Gasteiger partial charge in [0.15, 0.2) is 0 Å². The van der Waals surface area contributed by atoms with E-state index in [0.29, 0.717) is 16.3 Å². The molecule has 3 nitrogen and oxygen atoms in total. The van der Waals surface area contributed by atoms with Crippen molar-refractivity contribution >= 4 is 34.8 Å². The summed E-state index contributed by atoms with van der Waals surface area (Å²) in [6.45, 7) is 0. The smallest absolute Gasteiger partial charge is 0.345 e. The highest BCUT2D eigenvalue weighted by Gasteiger charge is 2.08. The lowest BCUT2D eigenvalue weighted by atomic mass is 10.3. The van der Waals surface area contributed by atoms with E-state index in [4.69, 9.17) is 10.8 Å². The van der Waals surface area contributed by atoms with Crippen LogP contribution in [0.2, 0.25) is 0 Å². The Hall–Kier alpha value is -1.53. The van der Waals surface area contributed by atoms with Crippen LogP contribution >= 0.6 is 23.1 Å². The molecule has 2 rings (SSSR count). The van der Waals surface area contributed by atoms with E-state index >= 15 is 0 Å². The number of halogens is 1. The first-order chi connectivity index (χ1) is 8.56. The van der Waals surface area contributed by atoms with Crippen LogP contribution in [0.3, 0.4) is 0 Å². The predicted octanol–water partition coefficient (Wildman–Crippen LogP) is 3.46. The first kappa shape index (κ1) is 12.9. The number of thiophene rings is 1. The maximum Gasteiger partial charge on any atom is 0.345 e. The second kappa shape index (κ2) is 5.41. The number of carboxylic acid groups (broad SMARTS) is 1. The molecule has 0 aliphatic rings. The van der Waals surface area contributed by atoms with Crippen LogP contribution < -0.4 is 5.73 Å². The van der Waals surface area contributed by atoms with Gasteiger partial charge in [0.2, 0.25) is 0 Å². The number of anilines is 1. The van der Waals surface area contributed by atoms with Crippen molar-refractivity contribution in [2.24, 2.45) is 0 Å². The zero-order chi connectivity index (χ0) is 13.1. The average Bonchev–Trinajstić information content (AvgIpc) is 2.76. The Morgan fingerprint density at radius 2 is 2.17 bits per heavy atom. The molecule has 0 aliphatic carbocycles. The fourth-order valence-electron chi connectivity index (χ4n) is 1.37. The first-order valence-corrected chi connectivity index (χ1v) is 6.86. The summed E-state index contributed by atoms with van der Waals surface area (Å²) < 4.78 is 12.9. The molecule has 0 atom stereocenters. The molecule has 18 heavy (non-hydrogen) atoms. The Labute approximate surface area is 111 Å². The maximum absolute atomic E-state index is 12.9. The van der Waals surface area contributed by atoms with E-state index in [1.54, 1.807) is 18.2 Å². The van der Waals surface area contributed by atoms with Crippen LogP contribution in [-0.4, -0.2) is 11.1 Å². The van der Waals surface area contributed by atoms with E-state index in [9.17, 15) is 9.18 Å². The van der Waals surface area contributed by atoms with Crippen LogP contribution in [0.5, 0.6) is 0 Å². The normalized spacial score (nSPS) is 10.5. The molecule has 94 valence electrons. The van der Waals surface area contributed by atoms with Gasteiger partial charge in [-0.2, -0.15) is 0 Å². The molecular formula is C12H10FNO2S2. The molecule has 0 aliphatic heterocycles. The SMILES string of the molecule is Nc1cc(F)ccc1SCc1ccc(C(=O)O)s1. The molecule has 0 saturated heterocycles. The standard InChI is InChI=1S/C12H10FNO2S2/c13-7-1-3-10(9(14)5-7)17-6-8-2-4-11(18-8)12(15)16/h1-5H,6,14H2,(H,15,16). The van der Waals surface area contributed by atoms with Crippen molar-refractivity contribution < 1.29 is 14.3 Å². The van der Waals surface area contributed by atoms with Crippen molar-refractivity contribution in [2.45, 2.75) is 10.6 Å². The van der Waals surface area contributed by atoms with Gasteiger partial charge in [0.05, 0.1) is 0 Å². The highest BCUT2D eigenvalue weighted by atomic mass is 32.2. The molecule has 0 unspecified atom stereocenters. The monoisotopic (exact) mass is 283 g/mol. The lowest BCUT2D eigenvalue weighted by Crippen LogP contribution is -1.90. The lowest BCUT2D eigenvalue weighted by Gasteiger charge is -2.03. The number of hydrogen-bond acceptors (Lipinski definition) is 4. The van der Waals surface area contributed by atoms with Gasteiger partial charge >= 0.3 is 5.97 Å². The molecule has 1 aromatic carbocycles. The Morgan fingerprint density at radius 3 is 2.78 bits per heavy atom. The summed E-state index contributed by atoms with van der Waals surface area (Å²) in [7, 11) is 0. The van der Waals surface area contributed by atoms with E-state index in [0.717, 1.165) is 9.77 Å². The van der Waals surface area contributed by atoms with Gasteiger partial charge in [-0.3, -0.25) is 0 Å². The van der Waals surface area contributed by atoms with E-state index in [2.05, 4.69) is 0 Å². The predicted molar refractivity (Wildman–Crippen MR) is 71.7 cm³/mol. The van der Waals surface area contributed by atoms with Crippen LogP contribution in [0.25, 0.3) is 0 Å². The van der Waals surface area contributed by atoms with Gasteiger partial charge in [0, 0.05) is 21.2 Å². The topological polar surface area (TPSA) is 63.3 Å². The number of nitrogens with two attached hydrogens (primary N) is 1. The van der Waals surface area contributed by atoms with Crippen molar-refractivity contribution in [3.63, 3.8) is 0 Å². The lowest BCUT2D eigenvalue weighted by molar-refractivity contribution is 0.0702. The van der Waals surface area contributed by atoms with Crippen molar-refractivity contribution in [1.82, 2.24) is 0 Å². The second-order valence-electron chi connectivity index (χ2n) is 3.54. The second-order valence-corrected chi connectivity index (χ2v) is 5.73. The van der Waals surface area contributed by atoms with Gasteiger partial charge in [-0.25, -0.2) is 9.18 Å². The van der Waals surface area contributed by atoms with Gasteiger partial charge in [0.25, 0.3) is 0 Å². The molecule has 0 amide bonds. The van der Waals surface area contributed by atoms with E-state index < -0.39 is 5.97 Å². The van der Waals surface area contributed by atoms with Crippen molar-refractivity contribution in [3.8, 4) is 0 Å². The Morgan fingerprint density at radius 1 is 1.39 bits per heavy atom. The quantitative estimate of drug-likeness (QED) is 0.666. The van der Waals surface area contributed by atoms with Gasteiger partial charge in [-0.15, -0.1) is 23.1 Å². The molecule has 0 spiro atoms. The third-order valence-electron chi connectivity index (χ3n) is 2.21. The molecule has 1 heterocycles. The fraction of sp³-hybridized carbons (Fsp3) is 0.0833. The van der Waals surface area contributed by atoms with Crippen molar-refractivity contribution in [1.29, 1.82) is 0 Å². The molecule has 2 aromatic rings. The van der Waals surface area contributed by atoms with E-state index in [-0.39, 0.29) is 5.82 Å². The summed E-state index contributed by atoms with van der Waals surface area (Å²) in [5, 5.41) is 8.80. The van der Waals surface area contributed by atoms with Crippen LogP contribution in [0.1, 0.15) is 14.5 Å². The average molecular weight is 283 g/mol. The van der Waals surface area contributed by atoms with Crippen LogP contribution in [0.15, 0.2) is 35.2 Å². The number of aromatic carboxylic acids is 1.